The number of morpholine rings is 1. The van der Waals surface area contributed by atoms with Gasteiger partial charge in [-0.25, -0.2) is 4.98 Å². The Hall–Kier alpha value is -1.13. The molecule has 0 amide bonds. The highest BCUT2D eigenvalue weighted by Crippen LogP contribution is 2.31. The molecule has 0 saturated carbocycles. The van der Waals surface area contributed by atoms with Gasteiger partial charge in [0.25, 0.3) is 0 Å². The van der Waals surface area contributed by atoms with Gasteiger partial charge in [-0.15, -0.1) is 0 Å². The van der Waals surface area contributed by atoms with E-state index in [4.69, 9.17) is 4.74 Å². The molecule has 1 N–H and O–H groups in total. The molecule has 2 heterocycles. The highest BCUT2D eigenvalue weighted by molar-refractivity contribution is 5.43. The molecule has 1 fully saturated rings. The molecule has 112 valence electrons. The number of hydrogen-bond acceptors (Lipinski definition) is 4. The Kier molecular flexibility index (Phi) is 4.07. The van der Waals surface area contributed by atoms with E-state index in [0.717, 1.165) is 18.9 Å². The van der Waals surface area contributed by atoms with Gasteiger partial charge in [-0.3, -0.25) is 0 Å². The smallest absolute Gasteiger partial charge is 0.128 e. The van der Waals surface area contributed by atoms with E-state index >= 15 is 0 Å². The third kappa shape index (κ3) is 3.49. The molecule has 0 aliphatic carbocycles. The summed E-state index contributed by atoms with van der Waals surface area (Å²) in [5, 5.41) is 3.27. The zero-order valence-corrected chi connectivity index (χ0v) is 13.5. The van der Waals surface area contributed by atoms with Gasteiger partial charge >= 0.3 is 0 Å². The van der Waals surface area contributed by atoms with E-state index < -0.39 is 0 Å². The summed E-state index contributed by atoms with van der Waals surface area (Å²) in [4.78, 5) is 6.88. The molecule has 4 nitrogen and oxygen atoms in total. The van der Waals surface area contributed by atoms with Crippen molar-refractivity contribution < 1.29 is 4.74 Å². The average molecular weight is 277 g/mol. The number of nitrogens with one attached hydrogen (secondary N) is 1. The maximum Gasteiger partial charge on any atom is 0.128 e. The van der Waals surface area contributed by atoms with E-state index in [0.29, 0.717) is 6.04 Å². The van der Waals surface area contributed by atoms with Crippen LogP contribution in [-0.4, -0.2) is 36.3 Å². The maximum atomic E-state index is 6.13. The summed E-state index contributed by atoms with van der Waals surface area (Å²) >= 11 is 0. The molecule has 0 spiro atoms. The number of anilines is 1. The summed E-state index contributed by atoms with van der Waals surface area (Å²) < 4.78 is 6.13. The summed E-state index contributed by atoms with van der Waals surface area (Å²) in [6, 6.07) is 4.58. The van der Waals surface area contributed by atoms with Crippen LogP contribution in [0.15, 0.2) is 18.3 Å². The Morgan fingerprint density at radius 2 is 1.85 bits per heavy atom. The average Bonchev–Trinajstić information content (AvgIpc) is 2.34. The van der Waals surface area contributed by atoms with Crippen molar-refractivity contribution in [2.45, 2.75) is 51.9 Å². The lowest BCUT2D eigenvalue weighted by molar-refractivity contribution is -0.133. The first-order chi connectivity index (χ1) is 9.22. The summed E-state index contributed by atoms with van der Waals surface area (Å²) in [5.74, 6) is 1.04. The van der Waals surface area contributed by atoms with E-state index in [1.54, 1.807) is 0 Å². The van der Waals surface area contributed by atoms with Gasteiger partial charge in [-0.2, -0.15) is 0 Å². The summed E-state index contributed by atoms with van der Waals surface area (Å²) in [6.07, 6.45) is 1.90. The summed E-state index contributed by atoms with van der Waals surface area (Å²) in [5.41, 5.74) is 0.946. The molecule has 2 rings (SSSR count). The molecule has 1 atom stereocenters. The third-order valence-corrected chi connectivity index (χ3v) is 3.72. The minimum absolute atomic E-state index is 0.159. The maximum absolute atomic E-state index is 6.13. The molecule has 1 saturated heterocycles. The molecular weight excluding hydrogens is 250 g/mol. The number of pyridine rings is 1. The molecule has 20 heavy (non-hydrogen) atoms. The normalized spacial score (nSPS) is 22.6. The number of hydrogen-bond donors (Lipinski definition) is 1. The van der Waals surface area contributed by atoms with Crippen LogP contribution in [0.25, 0.3) is 0 Å². The summed E-state index contributed by atoms with van der Waals surface area (Å²) in [6.45, 7) is 12.4. The van der Waals surface area contributed by atoms with Crippen LogP contribution in [0, 0.1) is 0 Å². The largest absolute Gasteiger partial charge is 0.366 e. The number of ether oxygens (including phenoxy) is 1. The van der Waals surface area contributed by atoms with Crippen molar-refractivity contribution in [3.63, 3.8) is 0 Å². The van der Waals surface area contributed by atoms with Crippen LogP contribution in [0.5, 0.6) is 0 Å². The zero-order valence-electron chi connectivity index (χ0n) is 13.5. The minimum Gasteiger partial charge on any atom is -0.366 e. The van der Waals surface area contributed by atoms with Crippen LogP contribution in [0.3, 0.4) is 0 Å². The molecule has 1 aliphatic heterocycles. The van der Waals surface area contributed by atoms with E-state index in [1.807, 2.05) is 13.2 Å². The monoisotopic (exact) mass is 277 g/mol. The lowest BCUT2D eigenvalue weighted by Crippen LogP contribution is -2.57. The molecule has 4 heteroatoms. The first kappa shape index (κ1) is 15.3. The SMILES string of the molecule is CNC(C)c1ccnc(N2CC(C)(C)OC(C)(C)C2)c1. The fraction of sp³-hybridized carbons (Fsp3) is 0.688. The van der Waals surface area contributed by atoms with Crippen molar-refractivity contribution in [3.05, 3.63) is 23.9 Å². The number of nitrogens with zero attached hydrogens (tertiary/aromatic N) is 2. The standard InChI is InChI=1S/C16H27N3O/c1-12(17-6)13-7-8-18-14(9-13)19-10-15(2,3)20-16(4,5)11-19/h7-9,12,17H,10-11H2,1-6H3. The Balaban J connectivity index is 2.26. The van der Waals surface area contributed by atoms with Gasteiger partial charge in [-0.05, 0) is 59.4 Å². The van der Waals surface area contributed by atoms with Gasteiger partial charge in [-0.1, -0.05) is 0 Å². The van der Waals surface area contributed by atoms with Crippen LogP contribution in [0.2, 0.25) is 0 Å². The number of aromatic nitrogens is 1. The first-order valence-corrected chi connectivity index (χ1v) is 7.31. The van der Waals surface area contributed by atoms with Crippen LogP contribution < -0.4 is 10.2 Å². The quantitative estimate of drug-likeness (QED) is 0.922. The van der Waals surface area contributed by atoms with Crippen LogP contribution in [0.1, 0.15) is 46.2 Å². The van der Waals surface area contributed by atoms with Gasteiger partial charge < -0.3 is 15.0 Å². The van der Waals surface area contributed by atoms with Crippen molar-refractivity contribution >= 4 is 5.82 Å². The second-order valence-corrected chi connectivity index (χ2v) is 6.94. The topological polar surface area (TPSA) is 37.4 Å². The zero-order chi connectivity index (χ0) is 15.0. The van der Waals surface area contributed by atoms with Crippen LogP contribution in [-0.2, 0) is 4.74 Å². The molecule has 1 aromatic rings. The second kappa shape index (κ2) is 5.34. The van der Waals surface area contributed by atoms with Crippen LogP contribution >= 0.6 is 0 Å². The van der Waals surface area contributed by atoms with E-state index in [1.165, 1.54) is 5.56 Å². The highest BCUT2D eigenvalue weighted by Gasteiger charge is 2.38. The first-order valence-electron chi connectivity index (χ1n) is 7.31. The molecule has 0 radical (unpaired) electrons. The second-order valence-electron chi connectivity index (χ2n) is 6.94. The molecule has 0 aromatic carbocycles. The third-order valence-electron chi connectivity index (χ3n) is 3.72. The van der Waals surface area contributed by atoms with Gasteiger partial charge in [0.05, 0.1) is 11.2 Å². The predicted molar refractivity (Wildman–Crippen MR) is 83.2 cm³/mol. The van der Waals surface area contributed by atoms with Crippen LogP contribution in [0.4, 0.5) is 5.82 Å². The van der Waals surface area contributed by atoms with Gasteiger partial charge in [0.2, 0.25) is 0 Å². The van der Waals surface area contributed by atoms with Crippen molar-refractivity contribution in [1.29, 1.82) is 0 Å². The van der Waals surface area contributed by atoms with Gasteiger partial charge in [0, 0.05) is 25.3 Å². The van der Waals surface area contributed by atoms with Crippen molar-refractivity contribution in [2.24, 2.45) is 0 Å². The van der Waals surface area contributed by atoms with E-state index in [2.05, 4.69) is 62.0 Å². The Bertz CT molecular complexity index is 455. The lowest BCUT2D eigenvalue weighted by atomic mass is 9.98. The molecule has 1 aliphatic rings. The fourth-order valence-electron chi connectivity index (χ4n) is 2.99. The molecular formula is C16H27N3O. The molecule has 1 aromatic heterocycles. The Morgan fingerprint density at radius 3 is 2.40 bits per heavy atom. The van der Waals surface area contributed by atoms with Crippen molar-refractivity contribution in [1.82, 2.24) is 10.3 Å². The minimum atomic E-state index is -0.159. The molecule has 1 unspecified atom stereocenters. The van der Waals surface area contributed by atoms with Crippen molar-refractivity contribution in [3.8, 4) is 0 Å². The predicted octanol–water partition coefficient (Wildman–Crippen LogP) is 2.76. The Morgan fingerprint density at radius 1 is 1.25 bits per heavy atom. The van der Waals surface area contributed by atoms with Gasteiger partial charge in [0.1, 0.15) is 5.82 Å². The molecule has 0 bridgehead atoms. The van der Waals surface area contributed by atoms with E-state index in [9.17, 15) is 0 Å². The summed E-state index contributed by atoms with van der Waals surface area (Å²) in [7, 11) is 1.98. The van der Waals surface area contributed by atoms with Crippen molar-refractivity contribution in [2.75, 3.05) is 25.0 Å². The fourth-order valence-corrected chi connectivity index (χ4v) is 2.99. The Labute approximate surface area is 122 Å². The highest BCUT2D eigenvalue weighted by atomic mass is 16.5. The lowest BCUT2D eigenvalue weighted by Gasteiger charge is -2.47. The van der Waals surface area contributed by atoms with E-state index in [-0.39, 0.29) is 11.2 Å². The number of rotatable bonds is 3. The van der Waals surface area contributed by atoms with Gasteiger partial charge in [0.15, 0.2) is 0 Å².